The first kappa shape index (κ1) is 58.2. The van der Waals surface area contributed by atoms with Crippen LogP contribution >= 0.6 is 7.82 Å². The number of nitrogens with zero attached hydrogens (tertiary/aromatic N) is 1. The predicted molar refractivity (Wildman–Crippen MR) is 258 cm³/mol. The third-order valence-corrected chi connectivity index (χ3v) is 11.7. The van der Waals surface area contributed by atoms with Crippen molar-refractivity contribution in [3.63, 3.8) is 0 Å². The van der Waals surface area contributed by atoms with Gasteiger partial charge in [-0.1, -0.05) is 203 Å². The Morgan fingerprint density at radius 2 is 1.00 bits per heavy atom. The minimum atomic E-state index is -4.32. The third kappa shape index (κ3) is 44.3. The Morgan fingerprint density at radius 3 is 1.47 bits per heavy atom. The summed E-state index contributed by atoms with van der Waals surface area (Å²) >= 11 is 0. The van der Waals surface area contributed by atoms with Gasteiger partial charge in [0.2, 0.25) is 5.91 Å². The van der Waals surface area contributed by atoms with Crippen molar-refractivity contribution in [2.24, 2.45) is 0 Å². The number of phosphoric ester groups is 1. The first-order chi connectivity index (χ1) is 29.0. The standard InChI is InChI=1S/C51H95N2O6P/c1-6-8-10-12-13-14-15-16-17-18-19-20-21-22-23-24-25-26-27-28-29-30-31-32-33-34-35-36-37-38-39-41-43-45-51(55)52-49(50(54)44-42-40-11-9-7-2)48-59-60(56,57)58-47-46-53(3,4)5/h8,10,13-14,16-17,19-20,42,44,49-50,54H,6-7,9,11-12,15,18,21-41,43,45-48H2,1-5H3,(H-,52,55,56,57)/p+1/b10-8-,14-13-,17-16-,20-19-,44-42+. The third-order valence-electron chi connectivity index (χ3n) is 10.7. The van der Waals surface area contributed by atoms with E-state index >= 15 is 0 Å². The number of aliphatic hydroxyl groups is 1. The molecule has 3 atom stereocenters. The molecule has 0 aliphatic heterocycles. The smallest absolute Gasteiger partial charge is 0.387 e. The van der Waals surface area contributed by atoms with E-state index in [0.29, 0.717) is 17.4 Å². The highest BCUT2D eigenvalue weighted by Gasteiger charge is 2.27. The predicted octanol–water partition coefficient (Wildman–Crippen LogP) is 14.2. The molecule has 0 aromatic carbocycles. The van der Waals surface area contributed by atoms with E-state index in [9.17, 15) is 19.4 Å². The maximum absolute atomic E-state index is 12.8. The van der Waals surface area contributed by atoms with Crippen molar-refractivity contribution in [3.8, 4) is 0 Å². The van der Waals surface area contributed by atoms with Gasteiger partial charge in [-0.3, -0.25) is 13.8 Å². The van der Waals surface area contributed by atoms with Gasteiger partial charge in [0.15, 0.2) is 0 Å². The Labute approximate surface area is 371 Å². The Hall–Kier alpha value is -1.80. The molecule has 0 radical (unpaired) electrons. The summed E-state index contributed by atoms with van der Waals surface area (Å²) in [6, 6.07) is -0.842. The molecule has 0 spiro atoms. The van der Waals surface area contributed by atoms with Crippen LogP contribution in [0.25, 0.3) is 0 Å². The molecule has 0 saturated heterocycles. The zero-order chi connectivity index (χ0) is 44.3. The lowest BCUT2D eigenvalue weighted by Gasteiger charge is -2.25. The van der Waals surface area contributed by atoms with E-state index in [2.05, 4.69) is 67.8 Å². The molecule has 9 heteroatoms. The molecule has 0 bridgehead atoms. The Morgan fingerprint density at radius 1 is 0.583 bits per heavy atom. The molecule has 0 fully saturated rings. The Balaban J connectivity index is 3.81. The summed E-state index contributed by atoms with van der Waals surface area (Å²) in [5.74, 6) is -0.184. The van der Waals surface area contributed by atoms with Crippen LogP contribution in [0.2, 0.25) is 0 Å². The van der Waals surface area contributed by atoms with E-state index in [0.717, 1.165) is 70.6 Å². The average molecular weight is 864 g/mol. The van der Waals surface area contributed by atoms with Gasteiger partial charge < -0.3 is 19.8 Å². The van der Waals surface area contributed by atoms with Gasteiger partial charge in [0.25, 0.3) is 0 Å². The van der Waals surface area contributed by atoms with Gasteiger partial charge in [-0.05, 0) is 57.8 Å². The van der Waals surface area contributed by atoms with Crippen LogP contribution in [0, 0.1) is 0 Å². The normalized spacial score (nSPS) is 14.7. The quantitative estimate of drug-likeness (QED) is 0.0244. The van der Waals surface area contributed by atoms with E-state index in [1.807, 2.05) is 27.2 Å². The maximum atomic E-state index is 12.8. The molecular weight excluding hydrogens is 768 g/mol. The number of rotatable bonds is 44. The van der Waals surface area contributed by atoms with Crippen LogP contribution in [0.3, 0.4) is 0 Å². The number of allylic oxidation sites excluding steroid dienone is 9. The van der Waals surface area contributed by atoms with E-state index in [-0.39, 0.29) is 19.1 Å². The number of quaternary nitrogens is 1. The summed E-state index contributed by atoms with van der Waals surface area (Å²) in [5, 5.41) is 13.6. The van der Waals surface area contributed by atoms with Gasteiger partial charge in [0.05, 0.1) is 39.9 Å². The molecule has 0 aliphatic rings. The summed E-state index contributed by atoms with van der Waals surface area (Å²) in [6.07, 6.45) is 56.6. The van der Waals surface area contributed by atoms with Gasteiger partial charge in [-0.15, -0.1) is 0 Å². The second-order valence-electron chi connectivity index (χ2n) is 17.8. The van der Waals surface area contributed by atoms with Crippen molar-refractivity contribution in [1.29, 1.82) is 0 Å². The highest BCUT2D eigenvalue weighted by Crippen LogP contribution is 2.43. The summed E-state index contributed by atoms with van der Waals surface area (Å²) in [5.41, 5.74) is 0. The van der Waals surface area contributed by atoms with Crippen LogP contribution in [0.15, 0.2) is 60.8 Å². The lowest BCUT2D eigenvalue weighted by molar-refractivity contribution is -0.870. The van der Waals surface area contributed by atoms with Crippen molar-refractivity contribution in [2.75, 3.05) is 40.9 Å². The molecule has 350 valence electrons. The first-order valence-electron chi connectivity index (χ1n) is 24.7. The van der Waals surface area contributed by atoms with Crippen molar-refractivity contribution < 1.29 is 32.9 Å². The monoisotopic (exact) mass is 864 g/mol. The van der Waals surface area contributed by atoms with Crippen molar-refractivity contribution in [3.05, 3.63) is 60.8 Å². The fourth-order valence-electron chi connectivity index (χ4n) is 6.86. The molecule has 3 N–H and O–H groups in total. The minimum Gasteiger partial charge on any atom is -0.387 e. The van der Waals surface area contributed by atoms with Gasteiger partial charge in [-0.2, -0.15) is 0 Å². The van der Waals surface area contributed by atoms with Crippen LogP contribution in [0.5, 0.6) is 0 Å². The molecule has 0 aromatic rings. The summed E-state index contributed by atoms with van der Waals surface area (Å²) < 4.78 is 23.4. The number of unbranched alkanes of at least 4 members (excludes halogenated alkanes) is 23. The van der Waals surface area contributed by atoms with Crippen LogP contribution in [0.4, 0.5) is 0 Å². The van der Waals surface area contributed by atoms with Crippen LogP contribution in [0.1, 0.15) is 206 Å². The van der Waals surface area contributed by atoms with Crippen molar-refractivity contribution >= 4 is 13.7 Å². The minimum absolute atomic E-state index is 0.0602. The number of carbonyl (C=O) groups excluding carboxylic acids is 1. The maximum Gasteiger partial charge on any atom is 0.472 e. The van der Waals surface area contributed by atoms with Crippen LogP contribution in [-0.4, -0.2) is 73.4 Å². The number of phosphoric acid groups is 1. The van der Waals surface area contributed by atoms with Crippen molar-refractivity contribution in [2.45, 2.75) is 219 Å². The average Bonchev–Trinajstić information content (AvgIpc) is 3.20. The van der Waals surface area contributed by atoms with Gasteiger partial charge in [-0.25, -0.2) is 4.57 Å². The molecule has 1 amide bonds. The number of aliphatic hydroxyl groups excluding tert-OH is 1. The zero-order valence-corrected chi connectivity index (χ0v) is 40.6. The molecule has 0 aliphatic carbocycles. The fraction of sp³-hybridized carbons (Fsp3) is 0.784. The Bertz CT molecular complexity index is 1160. The van der Waals surface area contributed by atoms with Crippen LogP contribution in [-0.2, 0) is 18.4 Å². The molecular formula is C51H96N2O6P+. The molecule has 0 aromatic heterocycles. The largest absolute Gasteiger partial charge is 0.472 e. The topological polar surface area (TPSA) is 105 Å². The molecule has 3 unspecified atom stereocenters. The highest BCUT2D eigenvalue weighted by atomic mass is 31.2. The van der Waals surface area contributed by atoms with E-state index in [1.165, 1.54) is 116 Å². The Kier molecular flexibility index (Phi) is 41.2. The van der Waals surface area contributed by atoms with Crippen LogP contribution < -0.4 is 5.32 Å². The number of amides is 1. The van der Waals surface area contributed by atoms with E-state index < -0.39 is 20.0 Å². The number of hydrogen-bond donors (Lipinski definition) is 3. The SMILES string of the molecule is CC/C=C\C/C=C\C/C=C\C/C=C\CCCCCCCCCCCCCCCCCCCCCCC(=O)NC(COP(=O)(O)OCC[N+](C)(C)C)C(O)/C=C/CCCCC. The van der Waals surface area contributed by atoms with Gasteiger partial charge >= 0.3 is 7.82 Å². The first-order valence-corrected chi connectivity index (χ1v) is 26.2. The van der Waals surface area contributed by atoms with E-state index in [1.54, 1.807) is 6.08 Å². The molecule has 8 nitrogen and oxygen atoms in total. The zero-order valence-electron chi connectivity index (χ0n) is 39.7. The summed E-state index contributed by atoms with van der Waals surface area (Å²) in [7, 11) is 1.57. The van der Waals surface area contributed by atoms with Crippen molar-refractivity contribution in [1.82, 2.24) is 5.32 Å². The summed E-state index contributed by atoms with van der Waals surface area (Å²) in [4.78, 5) is 22.9. The fourth-order valence-corrected chi connectivity index (χ4v) is 7.59. The molecule has 0 heterocycles. The highest BCUT2D eigenvalue weighted by molar-refractivity contribution is 7.47. The second kappa shape index (κ2) is 42.5. The lowest BCUT2D eigenvalue weighted by atomic mass is 10.0. The molecule has 0 saturated carbocycles. The number of likely N-dealkylation sites (N-methyl/N-ethyl adjacent to an activating group) is 1. The lowest BCUT2D eigenvalue weighted by Crippen LogP contribution is -2.45. The van der Waals surface area contributed by atoms with Gasteiger partial charge in [0, 0.05) is 6.42 Å². The molecule has 60 heavy (non-hydrogen) atoms. The van der Waals surface area contributed by atoms with Gasteiger partial charge in [0.1, 0.15) is 13.2 Å². The number of carbonyl (C=O) groups is 1. The molecule has 0 rings (SSSR count). The summed E-state index contributed by atoms with van der Waals surface area (Å²) in [6.45, 7) is 4.59. The van der Waals surface area contributed by atoms with E-state index in [4.69, 9.17) is 9.05 Å². The second-order valence-corrected chi connectivity index (χ2v) is 19.3. The number of nitrogens with one attached hydrogen (secondary N) is 1. The number of hydrogen-bond acceptors (Lipinski definition) is 5.